The molecule has 1 fully saturated rings. The molecule has 1 amide bonds. The standard InChI is InChI=1S/C19H24N4O3/c1-14-20-22(11-6-7-18(24)21-9-4-2-3-5-10-21)19(25)16-13-17-15(23(14)16)8-12-26-17/h8,12-13H,2-7,9-11H2,1H3. The lowest BCUT2D eigenvalue weighted by Crippen LogP contribution is -2.32. The van der Waals surface area contributed by atoms with Gasteiger partial charge < -0.3 is 9.32 Å². The van der Waals surface area contributed by atoms with Crippen LogP contribution in [0.4, 0.5) is 0 Å². The van der Waals surface area contributed by atoms with Crippen molar-refractivity contribution >= 4 is 22.5 Å². The quantitative estimate of drug-likeness (QED) is 0.720. The maximum absolute atomic E-state index is 12.7. The number of hydrogen-bond acceptors (Lipinski definition) is 4. The largest absolute Gasteiger partial charge is 0.463 e. The number of aryl methyl sites for hydroxylation is 2. The van der Waals surface area contributed by atoms with Gasteiger partial charge in [0, 0.05) is 38.2 Å². The van der Waals surface area contributed by atoms with E-state index >= 15 is 0 Å². The lowest BCUT2D eigenvalue weighted by atomic mass is 10.2. The molecule has 3 aromatic rings. The molecular weight excluding hydrogens is 332 g/mol. The highest BCUT2D eigenvalue weighted by Gasteiger charge is 2.16. The fourth-order valence-electron chi connectivity index (χ4n) is 3.84. The van der Waals surface area contributed by atoms with Gasteiger partial charge in [-0.05, 0) is 26.2 Å². The normalized spacial score (nSPS) is 15.7. The van der Waals surface area contributed by atoms with Crippen LogP contribution in [0.2, 0.25) is 0 Å². The molecule has 3 aromatic heterocycles. The second-order valence-corrected chi connectivity index (χ2v) is 7.01. The summed E-state index contributed by atoms with van der Waals surface area (Å²) in [6, 6.07) is 3.59. The second-order valence-electron chi connectivity index (χ2n) is 7.01. The molecule has 1 saturated heterocycles. The molecule has 7 nitrogen and oxygen atoms in total. The minimum Gasteiger partial charge on any atom is -0.463 e. The van der Waals surface area contributed by atoms with Crippen LogP contribution in [0.5, 0.6) is 0 Å². The Hall–Kier alpha value is -2.57. The van der Waals surface area contributed by atoms with Gasteiger partial charge in [0.15, 0.2) is 5.58 Å². The predicted octanol–water partition coefficient (Wildman–Crippen LogP) is 2.73. The number of rotatable bonds is 4. The van der Waals surface area contributed by atoms with Crippen molar-refractivity contribution < 1.29 is 9.21 Å². The van der Waals surface area contributed by atoms with Crippen LogP contribution >= 0.6 is 0 Å². The first-order valence-electron chi connectivity index (χ1n) is 9.39. The minimum atomic E-state index is -0.149. The van der Waals surface area contributed by atoms with Crippen molar-refractivity contribution in [3.05, 3.63) is 34.6 Å². The first-order chi connectivity index (χ1) is 12.6. The molecule has 0 spiro atoms. The number of likely N-dealkylation sites (tertiary alicyclic amines) is 1. The number of amides is 1. The molecule has 26 heavy (non-hydrogen) atoms. The third-order valence-electron chi connectivity index (χ3n) is 5.18. The molecule has 0 aromatic carbocycles. The zero-order chi connectivity index (χ0) is 18.1. The van der Waals surface area contributed by atoms with E-state index in [1.807, 2.05) is 22.3 Å². The van der Waals surface area contributed by atoms with Crippen molar-refractivity contribution in [1.82, 2.24) is 19.1 Å². The van der Waals surface area contributed by atoms with E-state index in [4.69, 9.17) is 4.42 Å². The van der Waals surface area contributed by atoms with Crippen LogP contribution in [0, 0.1) is 6.92 Å². The average Bonchev–Trinajstić information content (AvgIpc) is 3.10. The van der Waals surface area contributed by atoms with Gasteiger partial charge in [0.05, 0.1) is 11.8 Å². The highest BCUT2D eigenvalue weighted by atomic mass is 16.3. The van der Waals surface area contributed by atoms with Crippen molar-refractivity contribution in [2.75, 3.05) is 13.1 Å². The van der Waals surface area contributed by atoms with Gasteiger partial charge in [0.1, 0.15) is 11.3 Å². The highest BCUT2D eigenvalue weighted by Crippen LogP contribution is 2.20. The fraction of sp³-hybridized carbons (Fsp3) is 0.526. The Bertz CT molecular complexity index is 989. The molecule has 1 aliphatic rings. The van der Waals surface area contributed by atoms with E-state index in [0.29, 0.717) is 30.5 Å². The van der Waals surface area contributed by atoms with E-state index in [1.165, 1.54) is 17.5 Å². The number of carbonyl (C=O) groups excluding carboxylic acids is 1. The SMILES string of the molecule is Cc1nn(CCCC(=O)N2CCCCCC2)c(=O)c2cc3occc3n12. The van der Waals surface area contributed by atoms with Crippen LogP contribution in [-0.4, -0.2) is 38.1 Å². The summed E-state index contributed by atoms with van der Waals surface area (Å²) >= 11 is 0. The van der Waals surface area contributed by atoms with Crippen LogP contribution in [0.25, 0.3) is 16.6 Å². The Kier molecular flexibility index (Phi) is 4.53. The summed E-state index contributed by atoms with van der Waals surface area (Å²) in [6.45, 7) is 4.05. The highest BCUT2D eigenvalue weighted by molar-refractivity contribution is 5.82. The smallest absolute Gasteiger partial charge is 0.291 e. The maximum atomic E-state index is 12.7. The van der Waals surface area contributed by atoms with Crippen LogP contribution in [-0.2, 0) is 11.3 Å². The van der Waals surface area contributed by atoms with Gasteiger partial charge >= 0.3 is 0 Å². The summed E-state index contributed by atoms with van der Waals surface area (Å²) < 4.78 is 8.69. The van der Waals surface area contributed by atoms with Crippen LogP contribution in [0.1, 0.15) is 44.3 Å². The summed E-state index contributed by atoms with van der Waals surface area (Å²) in [6.07, 6.45) is 7.30. The molecule has 0 aliphatic carbocycles. The molecule has 4 heterocycles. The average molecular weight is 356 g/mol. The lowest BCUT2D eigenvalue weighted by molar-refractivity contribution is -0.131. The maximum Gasteiger partial charge on any atom is 0.291 e. The molecule has 0 atom stereocenters. The number of furan rings is 1. The van der Waals surface area contributed by atoms with Gasteiger partial charge in [-0.3, -0.25) is 14.0 Å². The fourth-order valence-corrected chi connectivity index (χ4v) is 3.84. The molecule has 0 unspecified atom stereocenters. The van der Waals surface area contributed by atoms with Crippen molar-refractivity contribution in [2.45, 2.75) is 52.0 Å². The van der Waals surface area contributed by atoms with Crippen LogP contribution in [0.15, 0.2) is 27.6 Å². The minimum absolute atomic E-state index is 0.149. The summed E-state index contributed by atoms with van der Waals surface area (Å²) in [7, 11) is 0. The van der Waals surface area contributed by atoms with Gasteiger partial charge in [-0.25, -0.2) is 4.68 Å². The molecule has 4 rings (SSSR count). The van der Waals surface area contributed by atoms with E-state index in [2.05, 4.69) is 5.10 Å². The molecule has 0 radical (unpaired) electrons. The number of fused-ring (bicyclic) bond motifs is 3. The van der Waals surface area contributed by atoms with Gasteiger partial charge in [0.25, 0.3) is 5.56 Å². The van der Waals surface area contributed by atoms with E-state index in [9.17, 15) is 9.59 Å². The predicted molar refractivity (Wildman–Crippen MR) is 98.2 cm³/mol. The lowest BCUT2D eigenvalue weighted by Gasteiger charge is -2.20. The molecular formula is C19H24N4O3. The van der Waals surface area contributed by atoms with Crippen molar-refractivity contribution in [1.29, 1.82) is 0 Å². The van der Waals surface area contributed by atoms with E-state index in [1.54, 1.807) is 12.3 Å². The van der Waals surface area contributed by atoms with Gasteiger partial charge in [0.2, 0.25) is 5.91 Å². The van der Waals surface area contributed by atoms with E-state index in [0.717, 1.165) is 37.3 Å². The Balaban J connectivity index is 1.48. The van der Waals surface area contributed by atoms with Crippen LogP contribution in [0.3, 0.4) is 0 Å². The monoisotopic (exact) mass is 356 g/mol. The molecule has 7 heteroatoms. The Morgan fingerprint density at radius 2 is 1.96 bits per heavy atom. The van der Waals surface area contributed by atoms with Gasteiger partial charge in [-0.2, -0.15) is 5.10 Å². The zero-order valence-electron chi connectivity index (χ0n) is 15.1. The van der Waals surface area contributed by atoms with Crippen LogP contribution < -0.4 is 5.56 Å². The van der Waals surface area contributed by atoms with Crippen molar-refractivity contribution in [3.63, 3.8) is 0 Å². The molecule has 0 bridgehead atoms. The first kappa shape index (κ1) is 16.9. The van der Waals surface area contributed by atoms with E-state index < -0.39 is 0 Å². The Labute approximate surface area is 151 Å². The number of carbonyl (C=O) groups is 1. The molecule has 138 valence electrons. The summed E-state index contributed by atoms with van der Waals surface area (Å²) in [5.74, 6) is 0.924. The Morgan fingerprint density at radius 1 is 1.19 bits per heavy atom. The molecule has 0 saturated carbocycles. The summed E-state index contributed by atoms with van der Waals surface area (Å²) in [4.78, 5) is 27.1. The van der Waals surface area contributed by atoms with Crippen molar-refractivity contribution in [2.24, 2.45) is 0 Å². The first-order valence-corrected chi connectivity index (χ1v) is 9.39. The second kappa shape index (κ2) is 6.97. The number of aromatic nitrogens is 3. The Morgan fingerprint density at radius 3 is 2.73 bits per heavy atom. The van der Waals surface area contributed by atoms with Crippen molar-refractivity contribution in [3.8, 4) is 0 Å². The third kappa shape index (κ3) is 3.02. The molecule has 1 aliphatic heterocycles. The van der Waals surface area contributed by atoms with Gasteiger partial charge in [-0.15, -0.1) is 0 Å². The number of hydrogen-bond donors (Lipinski definition) is 0. The van der Waals surface area contributed by atoms with Gasteiger partial charge in [-0.1, -0.05) is 12.8 Å². The molecule has 0 N–H and O–H groups in total. The summed E-state index contributed by atoms with van der Waals surface area (Å²) in [5.41, 5.74) is 1.95. The third-order valence-corrected chi connectivity index (χ3v) is 5.18. The zero-order valence-corrected chi connectivity index (χ0v) is 15.1. The number of nitrogens with zero attached hydrogens (tertiary/aromatic N) is 4. The van der Waals surface area contributed by atoms with E-state index in [-0.39, 0.29) is 11.5 Å². The summed E-state index contributed by atoms with van der Waals surface area (Å²) in [5, 5.41) is 4.43. The topological polar surface area (TPSA) is 72.8 Å².